The molecule has 1 aromatic carbocycles. The van der Waals surface area contributed by atoms with Crippen molar-refractivity contribution in [3.8, 4) is 11.5 Å². The van der Waals surface area contributed by atoms with Gasteiger partial charge in [0.1, 0.15) is 0 Å². The lowest BCUT2D eigenvalue weighted by atomic mass is 9.96. The predicted octanol–water partition coefficient (Wildman–Crippen LogP) is 1.77. The minimum Gasteiger partial charge on any atom is -0.493 e. The molecule has 1 unspecified atom stereocenters. The second kappa shape index (κ2) is 5.09. The average molecular weight is 264 g/mol. The van der Waals surface area contributed by atoms with Crippen LogP contribution in [-0.4, -0.2) is 25.7 Å². The fourth-order valence-corrected chi connectivity index (χ4v) is 2.05. The molecule has 104 valence electrons. The Balaban J connectivity index is 2.12. The smallest absolute Gasteiger partial charge is 0.244 e. The zero-order chi connectivity index (χ0) is 14.0. The van der Waals surface area contributed by atoms with E-state index >= 15 is 0 Å². The summed E-state index contributed by atoms with van der Waals surface area (Å²) in [4.78, 5) is 12.2. The molecule has 0 aromatic heterocycles. The largest absolute Gasteiger partial charge is 0.493 e. The van der Waals surface area contributed by atoms with Crippen LogP contribution < -0.4 is 20.5 Å². The maximum absolute atomic E-state index is 12.2. The summed E-state index contributed by atoms with van der Waals surface area (Å²) in [6.07, 6.45) is 2.04. The van der Waals surface area contributed by atoms with Gasteiger partial charge in [-0.05, 0) is 37.8 Å². The molecule has 0 spiro atoms. The van der Waals surface area contributed by atoms with Crippen molar-refractivity contribution in [1.29, 1.82) is 0 Å². The second-order valence-corrected chi connectivity index (χ2v) is 5.08. The normalized spacial score (nSPS) is 17.5. The topological polar surface area (TPSA) is 73.6 Å². The highest BCUT2D eigenvalue weighted by Gasteiger charge is 2.44. The van der Waals surface area contributed by atoms with Crippen LogP contribution in [-0.2, 0) is 4.79 Å². The molecule has 0 aliphatic heterocycles. The minimum absolute atomic E-state index is 0.165. The number of carbonyl (C=O) groups is 1. The van der Waals surface area contributed by atoms with Crippen molar-refractivity contribution in [2.75, 3.05) is 19.5 Å². The van der Waals surface area contributed by atoms with E-state index < -0.39 is 5.54 Å². The van der Waals surface area contributed by atoms with Crippen LogP contribution in [0.25, 0.3) is 0 Å². The fourth-order valence-electron chi connectivity index (χ4n) is 2.05. The van der Waals surface area contributed by atoms with Gasteiger partial charge in [-0.3, -0.25) is 4.79 Å². The average Bonchev–Trinajstić information content (AvgIpc) is 3.23. The zero-order valence-corrected chi connectivity index (χ0v) is 11.5. The summed E-state index contributed by atoms with van der Waals surface area (Å²) in [5.41, 5.74) is 5.91. The number of anilines is 1. The van der Waals surface area contributed by atoms with E-state index in [2.05, 4.69) is 5.32 Å². The van der Waals surface area contributed by atoms with Gasteiger partial charge in [0, 0.05) is 11.8 Å². The summed E-state index contributed by atoms with van der Waals surface area (Å²) in [5, 5.41) is 2.83. The Morgan fingerprint density at radius 3 is 2.47 bits per heavy atom. The Morgan fingerprint density at radius 2 is 1.95 bits per heavy atom. The lowest BCUT2D eigenvalue weighted by molar-refractivity contribution is -0.121. The van der Waals surface area contributed by atoms with Crippen molar-refractivity contribution in [2.45, 2.75) is 25.3 Å². The van der Waals surface area contributed by atoms with Gasteiger partial charge in [0.15, 0.2) is 11.5 Å². The third-order valence-corrected chi connectivity index (χ3v) is 3.56. The molecule has 1 saturated carbocycles. The van der Waals surface area contributed by atoms with Crippen LogP contribution in [0.15, 0.2) is 18.2 Å². The Morgan fingerprint density at radius 1 is 1.32 bits per heavy atom. The molecule has 0 saturated heterocycles. The van der Waals surface area contributed by atoms with Gasteiger partial charge in [-0.1, -0.05) is 0 Å². The van der Waals surface area contributed by atoms with Gasteiger partial charge in [0.05, 0.1) is 19.8 Å². The van der Waals surface area contributed by atoms with E-state index in [0.717, 1.165) is 12.8 Å². The summed E-state index contributed by atoms with van der Waals surface area (Å²) in [5.74, 6) is 1.32. The molecule has 2 rings (SSSR count). The van der Waals surface area contributed by atoms with Crippen LogP contribution in [0.5, 0.6) is 11.5 Å². The summed E-state index contributed by atoms with van der Waals surface area (Å²) in [7, 11) is 3.13. The van der Waals surface area contributed by atoms with Crippen LogP contribution in [0.1, 0.15) is 19.8 Å². The Bertz CT molecular complexity index is 482. The molecular weight excluding hydrogens is 244 g/mol. The number of nitrogens with one attached hydrogen (secondary N) is 1. The van der Waals surface area contributed by atoms with E-state index in [4.69, 9.17) is 15.2 Å². The zero-order valence-electron chi connectivity index (χ0n) is 11.5. The number of methoxy groups -OCH3 is 2. The van der Waals surface area contributed by atoms with E-state index in [9.17, 15) is 4.79 Å². The lowest BCUT2D eigenvalue weighted by Gasteiger charge is -2.23. The van der Waals surface area contributed by atoms with Gasteiger partial charge in [-0.15, -0.1) is 0 Å². The third-order valence-electron chi connectivity index (χ3n) is 3.56. The highest BCUT2D eigenvalue weighted by atomic mass is 16.5. The van der Waals surface area contributed by atoms with Gasteiger partial charge >= 0.3 is 0 Å². The second-order valence-electron chi connectivity index (χ2n) is 5.08. The Kier molecular flexibility index (Phi) is 3.66. The summed E-state index contributed by atoms with van der Waals surface area (Å²) in [6.45, 7) is 1.78. The van der Waals surface area contributed by atoms with Crippen molar-refractivity contribution < 1.29 is 14.3 Å². The number of carbonyl (C=O) groups excluding carboxylic acids is 1. The molecule has 19 heavy (non-hydrogen) atoms. The summed E-state index contributed by atoms with van der Waals surface area (Å²) < 4.78 is 10.3. The van der Waals surface area contributed by atoms with Crippen molar-refractivity contribution in [1.82, 2.24) is 0 Å². The first-order chi connectivity index (χ1) is 8.98. The molecule has 1 atom stereocenters. The highest BCUT2D eigenvalue weighted by Crippen LogP contribution is 2.39. The summed E-state index contributed by atoms with van der Waals surface area (Å²) >= 11 is 0. The number of benzene rings is 1. The molecular formula is C14H20N2O3. The number of ether oxygens (including phenoxy) is 2. The molecule has 1 fully saturated rings. The van der Waals surface area contributed by atoms with Crippen molar-refractivity contribution in [3.63, 3.8) is 0 Å². The third kappa shape index (κ3) is 2.81. The first-order valence-electron chi connectivity index (χ1n) is 6.31. The number of nitrogens with two attached hydrogens (primary N) is 1. The highest BCUT2D eigenvalue weighted by molar-refractivity contribution is 5.98. The molecule has 5 heteroatoms. The van der Waals surface area contributed by atoms with Crippen LogP contribution in [0, 0.1) is 5.92 Å². The van der Waals surface area contributed by atoms with Crippen LogP contribution in [0.3, 0.4) is 0 Å². The molecule has 3 N–H and O–H groups in total. The molecule has 0 bridgehead atoms. The SMILES string of the molecule is COc1ccc(NC(=O)C(C)(N)C2CC2)cc1OC. The van der Waals surface area contributed by atoms with E-state index in [1.165, 1.54) is 0 Å². The van der Waals surface area contributed by atoms with E-state index in [1.54, 1.807) is 39.3 Å². The van der Waals surface area contributed by atoms with Crippen molar-refractivity contribution in [2.24, 2.45) is 11.7 Å². The number of amides is 1. The Labute approximate surface area is 113 Å². The standard InChI is InChI=1S/C14H20N2O3/c1-14(15,9-4-5-9)13(17)16-10-6-7-11(18-2)12(8-10)19-3/h6-9H,4-5,15H2,1-3H3,(H,16,17). The van der Waals surface area contributed by atoms with Gasteiger partial charge in [-0.25, -0.2) is 0 Å². The van der Waals surface area contributed by atoms with Crippen LogP contribution >= 0.6 is 0 Å². The molecule has 0 radical (unpaired) electrons. The van der Waals surface area contributed by atoms with Crippen LogP contribution in [0.4, 0.5) is 5.69 Å². The van der Waals surface area contributed by atoms with Gasteiger partial charge in [0.25, 0.3) is 0 Å². The molecule has 1 aromatic rings. The van der Waals surface area contributed by atoms with E-state index in [1.807, 2.05) is 0 Å². The lowest BCUT2D eigenvalue weighted by Crippen LogP contribution is -2.50. The monoisotopic (exact) mass is 264 g/mol. The van der Waals surface area contributed by atoms with Gasteiger partial charge in [0.2, 0.25) is 5.91 Å². The molecule has 0 heterocycles. The number of hydrogen-bond donors (Lipinski definition) is 2. The first kappa shape index (κ1) is 13.7. The van der Waals surface area contributed by atoms with Gasteiger partial charge in [-0.2, -0.15) is 0 Å². The van der Waals surface area contributed by atoms with Crippen molar-refractivity contribution in [3.05, 3.63) is 18.2 Å². The number of hydrogen-bond acceptors (Lipinski definition) is 4. The molecule has 1 aliphatic carbocycles. The molecule has 1 aliphatic rings. The molecule has 5 nitrogen and oxygen atoms in total. The predicted molar refractivity (Wildman–Crippen MR) is 73.5 cm³/mol. The number of rotatable bonds is 5. The summed E-state index contributed by atoms with van der Waals surface area (Å²) in [6, 6.07) is 5.24. The maximum atomic E-state index is 12.2. The van der Waals surface area contributed by atoms with Gasteiger partial charge < -0.3 is 20.5 Å². The van der Waals surface area contributed by atoms with E-state index in [0.29, 0.717) is 17.2 Å². The Hall–Kier alpha value is -1.75. The fraction of sp³-hybridized carbons (Fsp3) is 0.500. The quantitative estimate of drug-likeness (QED) is 0.850. The van der Waals surface area contributed by atoms with E-state index in [-0.39, 0.29) is 11.8 Å². The van der Waals surface area contributed by atoms with Crippen molar-refractivity contribution >= 4 is 11.6 Å². The maximum Gasteiger partial charge on any atom is 0.244 e. The minimum atomic E-state index is -0.812. The first-order valence-corrected chi connectivity index (χ1v) is 6.31. The van der Waals surface area contributed by atoms with Crippen LogP contribution in [0.2, 0.25) is 0 Å². The molecule has 1 amide bonds.